The number of nitrogens with zero attached hydrogens (tertiary/aromatic N) is 2. The summed E-state index contributed by atoms with van der Waals surface area (Å²) in [6, 6.07) is 23.7. The lowest BCUT2D eigenvalue weighted by Gasteiger charge is -2.36. The van der Waals surface area contributed by atoms with Gasteiger partial charge < -0.3 is 10.2 Å². The molecule has 7 nitrogen and oxygen atoms in total. The van der Waals surface area contributed by atoms with Crippen molar-refractivity contribution in [3.05, 3.63) is 95.6 Å². The zero-order valence-electron chi connectivity index (χ0n) is 20.9. The highest BCUT2D eigenvalue weighted by Gasteiger charge is 2.25. The molecule has 0 bridgehead atoms. The predicted octanol–water partition coefficient (Wildman–Crippen LogP) is 3.96. The fourth-order valence-electron chi connectivity index (χ4n) is 4.64. The number of hydrogen-bond acceptors (Lipinski definition) is 5. The lowest BCUT2D eigenvalue weighted by atomic mass is 9.95. The van der Waals surface area contributed by atoms with E-state index in [2.05, 4.69) is 14.9 Å². The molecule has 0 radical (unpaired) electrons. The SMILES string of the molecule is CCN(CC)C(=O)c1ccc([C@H](c2cccc(NS(=O)(=O)c3ccccc3)c2)N2CCNCC2)cc1. The summed E-state index contributed by atoms with van der Waals surface area (Å²) in [7, 11) is -3.69. The molecular weight excluding hydrogens is 472 g/mol. The van der Waals surface area contributed by atoms with Gasteiger partial charge in [0, 0.05) is 50.5 Å². The van der Waals surface area contributed by atoms with E-state index in [9.17, 15) is 13.2 Å². The summed E-state index contributed by atoms with van der Waals surface area (Å²) in [5.74, 6) is 0.0302. The number of carbonyl (C=O) groups excluding carboxylic acids is 1. The third kappa shape index (κ3) is 5.95. The summed E-state index contributed by atoms with van der Waals surface area (Å²) in [6.07, 6.45) is 0. The van der Waals surface area contributed by atoms with E-state index in [1.54, 1.807) is 36.4 Å². The van der Waals surface area contributed by atoms with E-state index in [0.717, 1.165) is 37.3 Å². The van der Waals surface area contributed by atoms with Crippen molar-refractivity contribution in [1.82, 2.24) is 15.1 Å². The summed E-state index contributed by atoms with van der Waals surface area (Å²) < 4.78 is 28.5. The van der Waals surface area contributed by atoms with Crippen LogP contribution in [0.5, 0.6) is 0 Å². The molecule has 1 heterocycles. The second kappa shape index (κ2) is 11.7. The highest BCUT2D eigenvalue weighted by Crippen LogP contribution is 2.31. The van der Waals surface area contributed by atoms with Crippen LogP contribution in [0.1, 0.15) is 41.4 Å². The molecule has 0 saturated carbocycles. The topological polar surface area (TPSA) is 81.8 Å². The second-order valence-corrected chi connectivity index (χ2v) is 10.5. The van der Waals surface area contributed by atoms with Gasteiger partial charge in [0.05, 0.1) is 10.9 Å². The summed E-state index contributed by atoms with van der Waals surface area (Å²) in [4.78, 5) is 17.2. The predicted molar refractivity (Wildman–Crippen MR) is 144 cm³/mol. The maximum absolute atomic E-state index is 12.9. The Bertz CT molecular complexity index is 1250. The Morgan fingerprint density at radius 2 is 1.58 bits per heavy atom. The van der Waals surface area contributed by atoms with Crippen molar-refractivity contribution >= 4 is 21.6 Å². The van der Waals surface area contributed by atoms with Gasteiger partial charge in [-0.05, 0) is 61.4 Å². The van der Waals surface area contributed by atoms with E-state index in [1.165, 1.54) is 0 Å². The largest absolute Gasteiger partial charge is 0.339 e. The minimum atomic E-state index is -3.69. The first-order valence-corrected chi connectivity index (χ1v) is 13.9. The molecule has 3 aromatic rings. The maximum Gasteiger partial charge on any atom is 0.261 e. The smallest absolute Gasteiger partial charge is 0.261 e. The lowest BCUT2D eigenvalue weighted by molar-refractivity contribution is 0.0773. The minimum Gasteiger partial charge on any atom is -0.339 e. The molecule has 1 atom stereocenters. The highest BCUT2D eigenvalue weighted by molar-refractivity contribution is 7.92. The fourth-order valence-corrected chi connectivity index (χ4v) is 5.71. The van der Waals surface area contributed by atoms with Crippen LogP contribution in [0.25, 0.3) is 0 Å². The summed E-state index contributed by atoms with van der Waals surface area (Å²) in [5, 5.41) is 3.40. The standard InChI is InChI=1S/C28H34N4O3S/c1-3-31(4-2)28(33)23-15-13-22(14-16-23)27(32-19-17-29-18-20-32)24-9-8-10-25(21-24)30-36(34,35)26-11-6-5-7-12-26/h5-16,21,27,29-30H,3-4,17-20H2,1-2H3/t27-/m1/s1. The molecule has 3 aromatic carbocycles. The molecule has 36 heavy (non-hydrogen) atoms. The van der Waals surface area contributed by atoms with Gasteiger partial charge in [-0.25, -0.2) is 8.42 Å². The van der Waals surface area contributed by atoms with Crippen molar-refractivity contribution in [2.75, 3.05) is 44.0 Å². The third-order valence-electron chi connectivity index (χ3n) is 6.55. The van der Waals surface area contributed by atoms with Crippen molar-refractivity contribution in [2.24, 2.45) is 0 Å². The van der Waals surface area contributed by atoms with Crippen molar-refractivity contribution in [3.8, 4) is 0 Å². The zero-order chi connectivity index (χ0) is 25.5. The number of sulfonamides is 1. The van der Waals surface area contributed by atoms with Gasteiger partial charge in [-0.2, -0.15) is 0 Å². The molecular formula is C28H34N4O3S. The van der Waals surface area contributed by atoms with Crippen LogP contribution in [-0.2, 0) is 10.0 Å². The van der Waals surface area contributed by atoms with E-state index < -0.39 is 10.0 Å². The molecule has 2 N–H and O–H groups in total. The van der Waals surface area contributed by atoms with Crippen LogP contribution in [0, 0.1) is 0 Å². The van der Waals surface area contributed by atoms with Gasteiger partial charge in [0.2, 0.25) is 0 Å². The van der Waals surface area contributed by atoms with Crippen LogP contribution in [0.2, 0.25) is 0 Å². The number of benzene rings is 3. The Morgan fingerprint density at radius 1 is 0.917 bits per heavy atom. The molecule has 1 saturated heterocycles. The number of rotatable bonds is 9. The fraction of sp³-hybridized carbons (Fsp3) is 0.321. The highest BCUT2D eigenvalue weighted by atomic mass is 32.2. The Balaban J connectivity index is 1.65. The van der Waals surface area contributed by atoms with Gasteiger partial charge in [-0.3, -0.25) is 14.4 Å². The molecule has 1 aliphatic rings. The number of anilines is 1. The van der Waals surface area contributed by atoms with Crippen molar-refractivity contribution in [1.29, 1.82) is 0 Å². The molecule has 4 rings (SSSR count). The quantitative estimate of drug-likeness (QED) is 0.459. The van der Waals surface area contributed by atoms with Crippen LogP contribution in [-0.4, -0.2) is 63.4 Å². The van der Waals surface area contributed by atoms with Crippen LogP contribution in [0.4, 0.5) is 5.69 Å². The first kappa shape index (κ1) is 25.9. The number of nitrogens with one attached hydrogen (secondary N) is 2. The van der Waals surface area contributed by atoms with E-state index in [1.807, 2.05) is 61.2 Å². The molecule has 0 spiro atoms. The monoisotopic (exact) mass is 506 g/mol. The first-order valence-electron chi connectivity index (χ1n) is 12.4. The number of amides is 1. The van der Waals surface area contributed by atoms with Gasteiger partial charge in [-0.1, -0.05) is 42.5 Å². The Kier molecular flexibility index (Phi) is 8.40. The van der Waals surface area contributed by atoms with Crippen LogP contribution >= 0.6 is 0 Å². The van der Waals surface area contributed by atoms with Crippen molar-refractivity contribution in [2.45, 2.75) is 24.8 Å². The van der Waals surface area contributed by atoms with Gasteiger partial charge in [0.1, 0.15) is 0 Å². The summed E-state index contributed by atoms with van der Waals surface area (Å²) in [6.45, 7) is 8.81. The zero-order valence-corrected chi connectivity index (χ0v) is 21.7. The normalized spacial score (nSPS) is 15.3. The summed E-state index contributed by atoms with van der Waals surface area (Å²) in [5.41, 5.74) is 3.25. The first-order chi connectivity index (χ1) is 17.4. The third-order valence-corrected chi connectivity index (χ3v) is 7.95. The maximum atomic E-state index is 12.9. The number of carbonyl (C=O) groups is 1. The Hall–Kier alpha value is -3.20. The molecule has 0 unspecified atom stereocenters. The molecule has 8 heteroatoms. The number of piperazine rings is 1. The van der Waals surface area contributed by atoms with Crippen LogP contribution < -0.4 is 10.0 Å². The summed E-state index contributed by atoms with van der Waals surface area (Å²) >= 11 is 0. The van der Waals surface area contributed by atoms with Crippen LogP contribution in [0.3, 0.4) is 0 Å². The molecule has 190 valence electrons. The van der Waals surface area contributed by atoms with Crippen LogP contribution in [0.15, 0.2) is 83.8 Å². The average Bonchev–Trinajstić information content (AvgIpc) is 2.91. The molecule has 1 aliphatic heterocycles. The molecule has 0 aromatic heterocycles. The molecule has 1 amide bonds. The molecule has 0 aliphatic carbocycles. The van der Waals surface area contributed by atoms with Gasteiger partial charge in [-0.15, -0.1) is 0 Å². The van der Waals surface area contributed by atoms with Crippen molar-refractivity contribution in [3.63, 3.8) is 0 Å². The van der Waals surface area contributed by atoms with Gasteiger partial charge in [0.15, 0.2) is 0 Å². The lowest BCUT2D eigenvalue weighted by Crippen LogP contribution is -2.45. The van der Waals surface area contributed by atoms with E-state index >= 15 is 0 Å². The van der Waals surface area contributed by atoms with E-state index in [-0.39, 0.29) is 16.8 Å². The Labute approximate surface area is 214 Å². The van der Waals surface area contributed by atoms with Crippen molar-refractivity contribution < 1.29 is 13.2 Å². The second-order valence-electron chi connectivity index (χ2n) is 8.83. The number of hydrogen-bond donors (Lipinski definition) is 2. The minimum absolute atomic E-state index is 0.0302. The average molecular weight is 507 g/mol. The Morgan fingerprint density at radius 3 is 2.22 bits per heavy atom. The van der Waals surface area contributed by atoms with Gasteiger partial charge in [0.25, 0.3) is 15.9 Å². The molecule has 1 fully saturated rings. The van der Waals surface area contributed by atoms with Gasteiger partial charge >= 0.3 is 0 Å². The van der Waals surface area contributed by atoms with E-state index in [0.29, 0.717) is 24.3 Å². The van der Waals surface area contributed by atoms with E-state index in [4.69, 9.17) is 0 Å².